The van der Waals surface area contributed by atoms with E-state index in [-0.39, 0.29) is 40.6 Å². The maximum absolute atomic E-state index is 12.8. The highest BCUT2D eigenvalue weighted by atomic mass is 32.2. The van der Waals surface area contributed by atoms with Gasteiger partial charge < -0.3 is 4.90 Å². The Morgan fingerprint density at radius 1 is 1.43 bits per heavy atom. The number of rotatable bonds is 5. The van der Waals surface area contributed by atoms with Crippen LogP contribution in [0, 0.1) is 16.0 Å². The van der Waals surface area contributed by atoms with E-state index >= 15 is 0 Å². The number of non-ortho nitro benzene ring substituents is 1. The van der Waals surface area contributed by atoms with Crippen molar-refractivity contribution < 1.29 is 18.1 Å². The SMILES string of the molecule is CC(C)CN(C(=O)c1cccc([N+](=O)[O-])c1)C1CCS(=O)(=O)C1. The van der Waals surface area contributed by atoms with E-state index in [1.807, 2.05) is 13.8 Å². The molecule has 0 aromatic heterocycles. The predicted molar refractivity (Wildman–Crippen MR) is 86.0 cm³/mol. The standard InChI is InChI=1S/C15H20N2O5S/c1-11(2)9-16(14-6-7-23(21,22)10-14)15(18)12-4-3-5-13(8-12)17(19)20/h3-5,8,11,14H,6-7,9-10H2,1-2H3. The lowest BCUT2D eigenvalue weighted by atomic mass is 10.1. The number of carbonyl (C=O) groups is 1. The van der Waals surface area contributed by atoms with Crippen molar-refractivity contribution in [3.8, 4) is 0 Å². The van der Waals surface area contributed by atoms with E-state index in [4.69, 9.17) is 0 Å². The van der Waals surface area contributed by atoms with Crippen molar-refractivity contribution in [1.82, 2.24) is 4.90 Å². The van der Waals surface area contributed by atoms with Crippen molar-refractivity contribution in [3.63, 3.8) is 0 Å². The Labute approximate surface area is 135 Å². The van der Waals surface area contributed by atoms with E-state index in [1.54, 1.807) is 4.90 Å². The Bertz CT molecular complexity index is 714. The van der Waals surface area contributed by atoms with Crippen LogP contribution >= 0.6 is 0 Å². The number of hydrogen-bond acceptors (Lipinski definition) is 5. The van der Waals surface area contributed by atoms with Crippen LogP contribution in [0.5, 0.6) is 0 Å². The van der Waals surface area contributed by atoms with Crippen molar-refractivity contribution in [2.75, 3.05) is 18.1 Å². The Kier molecular flexibility index (Phi) is 5.03. The lowest BCUT2D eigenvalue weighted by Crippen LogP contribution is -2.43. The van der Waals surface area contributed by atoms with E-state index < -0.39 is 14.8 Å². The van der Waals surface area contributed by atoms with Crippen molar-refractivity contribution in [3.05, 3.63) is 39.9 Å². The van der Waals surface area contributed by atoms with Crippen LogP contribution in [0.15, 0.2) is 24.3 Å². The van der Waals surface area contributed by atoms with Gasteiger partial charge in [0.1, 0.15) is 0 Å². The molecule has 7 nitrogen and oxygen atoms in total. The quantitative estimate of drug-likeness (QED) is 0.602. The minimum Gasteiger partial charge on any atom is -0.334 e. The van der Waals surface area contributed by atoms with E-state index in [0.29, 0.717) is 13.0 Å². The third kappa shape index (κ3) is 4.28. The average molecular weight is 340 g/mol. The summed E-state index contributed by atoms with van der Waals surface area (Å²) < 4.78 is 23.4. The second-order valence-electron chi connectivity index (χ2n) is 6.22. The Morgan fingerprint density at radius 2 is 2.13 bits per heavy atom. The zero-order valence-corrected chi connectivity index (χ0v) is 14.0. The fraction of sp³-hybridized carbons (Fsp3) is 0.533. The summed E-state index contributed by atoms with van der Waals surface area (Å²) in [5, 5.41) is 10.9. The van der Waals surface area contributed by atoms with Gasteiger partial charge >= 0.3 is 0 Å². The lowest BCUT2D eigenvalue weighted by Gasteiger charge is -2.30. The van der Waals surface area contributed by atoms with Crippen LogP contribution < -0.4 is 0 Å². The molecular formula is C15H20N2O5S. The van der Waals surface area contributed by atoms with Gasteiger partial charge in [-0.2, -0.15) is 0 Å². The largest absolute Gasteiger partial charge is 0.334 e. The smallest absolute Gasteiger partial charge is 0.270 e. The third-order valence-corrected chi connectivity index (χ3v) is 5.53. The second-order valence-corrected chi connectivity index (χ2v) is 8.44. The molecule has 0 saturated carbocycles. The number of amides is 1. The summed E-state index contributed by atoms with van der Waals surface area (Å²) in [6.07, 6.45) is 0.412. The van der Waals surface area contributed by atoms with Gasteiger partial charge in [-0.05, 0) is 18.4 Å². The minimum atomic E-state index is -3.12. The molecule has 23 heavy (non-hydrogen) atoms. The number of nitro benzene ring substituents is 1. The molecule has 1 amide bonds. The number of carbonyl (C=O) groups excluding carboxylic acids is 1. The Hall–Kier alpha value is -1.96. The van der Waals surface area contributed by atoms with Crippen LogP contribution in [0.2, 0.25) is 0 Å². The molecule has 0 aliphatic carbocycles. The average Bonchev–Trinajstić information content (AvgIpc) is 2.84. The molecule has 1 saturated heterocycles. The first-order valence-corrected chi connectivity index (χ1v) is 9.27. The van der Waals surface area contributed by atoms with Crippen LogP contribution in [-0.2, 0) is 9.84 Å². The summed E-state index contributed by atoms with van der Waals surface area (Å²) in [5.74, 6) is -0.153. The maximum Gasteiger partial charge on any atom is 0.270 e. The topological polar surface area (TPSA) is 97.6 Å². The molecule has 1 unspecified atom stereocenters. The number of sulfone groups is 1. The van der Waals surface area contributed by atoms with Gasteiger partial charge in [0.05, 0.1) is 16.4 Å². The van der Waals surface area contributed by atoms with Crippen LogP contribution in [-0.4, -0.2) is 48.2 Å². The van der Waals surface area contributed by atoms with Gasteiger partial charge in [-0.15, -0.1) is 0 Å². The highest BCUT2D eigenvalue weighted by Crippen LogP contribution is 2.22. The summed E-state index contributed by atoms with van der Waals surface area (Å²) in [6.45, 7) is 4.30. The van der Waals surface area contributed by atoms with E-state index in [0.717, 1.165) is 0 Å². The third-order valence-electron chi connectivity index (χ3n) is 3.78. The number of hydrogen-bond donors (Lipinski definition) is 0. The van der Waals surface area contributed by atoms with Crippen molar-refractivity contribution in [2.24, 2.45) is 5.92 Å². The molecule has 0 N–H and O–H groups in total. The monoisotopic (exact) mass is 340 g/mol. The van der Waals surface area contributed by atoms with Crippen LogP contribution in [0.25, 0.3) is 0 Å². The first-order chi connectivity index (χ1) is 10.7. The molecule has 1 heterocycles. The van der Waals surface area contributed by atoms with Gasteiger partial charge in [0, 0.05) is 30.3 Å². The Balaban J connectivity index is 2.30. The van der Waals surface area contributed by atoms with Crippen LogP contribution in [0.3, 0.4) is 0 Å². The summed E-state index contributed by atoms with van der Waals surface area (Å²) in [5.41, 5.74) is 0.0588. The summed E-state index contributed by atoms with van der Waals surface area (Å²) in [6, 6.07) is 5.17. The highest BCUT2D eigenvalue weighted by molar-refractivity contribution is 7.91. The zero-order chi connectivity index (χ0) is 17.2. The molecule has 1 aromatic carbocycles. The first kappa shape index (κ1) is 17.4. The molecular weight excluding hydrogens is 320 g/mol. The van der Waals surface area contributed by atoms with Gasteiger partial charge in [-0.25, -0.2) is 8.42 Å². The number of nitro groups is 1. The molecule has 0 bridgehead atoms. The molecule has 1 fully saturated rings. The summed E-state index contributed by atoms with van der Waals surface area (Å²) >= 11 is 0. The molecule has 1 aliphatic heterocycles. The molecule has 0 radical (unpaired) electrons. The number of nitrogens with zero attached hydrogens (tertiary/aromatic N) is 2. The van der Waals surface area contributed by atoms with Gasteiger partial charge in [-0.3, -0.25) is 14.9 Å². The fourth-order valence-electron chi connectivity index (χ4n) is 2.73. The molecule has 8 heteroatoms. The minimum absolute atomic E-state index is 0.0413. The van der Waals surface area contributed by atoms with E-state index in [9.17, 15) is 23.3 Å². The van der Waals surface area contributed by atoms with E-state index in [2.05, 4.69) is 0 Å². The van der Waals surface area contributed by atoms with Crippen LogP contribution in [0.4, 0.5) is 5.69 Å². The molecule has 1 atom stereocenters. The number of benzene rings is 1. The predicted octanol–water partition coefficient (Wildman–Crippen LogP) is 1.88. The maximum atomic E-state index is 12.8. The normalized spacial score (nSPS) is 19.7. The van der Waals surface area contributed by atoms with Gasteiger partial charge in [0.2, 0.25) is 0 Å². The Morgan fingerprint density at radius 3 is 2.65 bits per heavy atom. The fourth-order valence-corrected chi connectivity index (χ4v) is 4.46. The first-order valence-electron chi connectivity index (χ1n) is 7.45. The van der Waals surface area contributed by atoms with Crippen LogP contribution in [0.1, 0.15) is 30.6 Å². The summed E-state index contributed by atoms with van der Waals surface area (Å²) in [4.78, 5) is 24.6. The van der Waals surface area contributed by atoms with E-state index in [1.165, 1.54) is 24.3 Å². The van der Waals surface area contributed by atoms with Crippen molar-refractivity contribution >= 4 is 21.4 Å². The molecule has 0 spiro atoms. The molecule has 1 aliphatic rings. The second kappa shape index (κ2) is 6.66. The van der Waals surface area contributed by atoms with Gasteiger partial charge in [0.25, 0.3) is 11.6 Å². The molecule has 2 rings (SSSR count). The molecule has 1 aromatic rings. The zero-order valence-electron chi connectivity index (χ0n) is 13.1. The van der Waals surface area contributed by atoms with Gasteiger partial charge in [-0.1, -0.05) is 19.9 Å². The molecule has 126 valence electrons. The van der Waals surface area contributed by atoms with Crippen molar-refractivity contribution in [2.45, 2.75) is 26.3 Å². The summed E-state index contributed by atoms with van der Waals surface area (Å²) in [7, 11) is -3.12. The lowest BCUT2D eigenvalue weighted by molar-refractivity contribution is -0.384. The highest BCUT2D eigenvalue weighted by Gasteiger charge is 2.35. The van der Waals surface area contributed by atoms with Gasteiger partial charge in [0.15, 0.2) is 9.84 Å². The van der Waals surface area contributed by atoms with Crippen molar-refractivity contribution in [1.29, 1.82) is 0 Å².